The molecular formula is C21H18ClN3O3S. The van der Waals surface area contributed by atoms with Crippen molar-refractivity contribution in [3.8, 4) is 6.07 Å². The highest BCUT2D eigenvalue weighted by Crippen LogP contribution is 2.26. The molecule has 0 bridgehead atoms. The van der Waals surface area contributed by atoms with Crippen LogP contribution in [-0.2, 0) is 23.5 Å². The van der Waals surface area contributed by atoms with E-state index in [9.17, 15) is 18.5 Å². The number of primary sulfonamides is 1. The Bertz CT molecular complexity index is 1240. The minimum absolute atomic E-state index is 0.0171. The third kappa shape index (κ3) is 4.10. The van der Waals surface area contributed by atoms with E-state index in [1.54, 1.807) is 54.9 Å². The number of sulfonamides is 1. The van der Waals surface area contributed by atoms with Crippen molar-refractivity contribution in [3.63, 3.8) is 0 Å². The van der Waals surface area contributed by atoms with Crippen molar-refractivity contribution in [1.29, 1.82) is 5.26 Å². The molecule has 0 aliphatic carbocycles. The Morgan fingerprint density at radius 2 is 1.72 bits per heavy atom. The summed E-state index contributed by atoms with van der Waals surface area (Å²) in [6.45, 7) is 1.75. The van der Waals surface area contributed by atoms with Gasteiger partial charge in [0.2, 0.25) is 15.8 Å². The van der Waals surface area contributed by atoms with Gasteiger partial charge in [0.1, 0.15) is 6.07 Å². The summed E-state index contributed by atoms with van der Waals surface area (Å²) in [5.74, 6) is -0.200. The van der Waals surface area contributed by atoms with Crippen LogP contribution in [0.4, 0.5) is 0 Å². The number of benzene rings is 2. The summed E-state index contributed by atoms with van der Waals surface area (Å²) in [7, 11) is -2.03. The lowest BCUT2D eigenvalue weighted by Crippen LogP contribution is -2.12. The van der Waals surface area contributed by atoms with Crippen molar-refractivity contribution >= 4 is 27.4 Å². The fourth-order valence-electron chi connectivity index (χ4n) is 3.30. The van der Waals surface area contributed by atoms with E-state index < -0.39 is 10.0 Å². The number of hydrogen-bond donors (Lipinski definition) is 1. The first-order chi connectivity index (χ1) is 13.6. The first-order valence-electron chi connectivity index (χ1n) is 8.63. The predicted molar refractivity (Wildman–Crippen MR) is 110 cm³/mol. The van der Waals surface area contributed by atoms with Crippen molar-refractivity contribution in [1.82, 2.24) is 4.57 Å². The van der Waals surface area contributed by atoms with Crippen LogP contribution in [0.15, 0.2) is 53.4 Å². The molecule has 0 aliphatic heterocycles. The third-order valence-electron chi connectivity index (χ3n) is 4.82. The van der Waals surface area contributed by atoms with Crippen LogP contribution in [0.1, 0.15) is 38.4 Å². The number of nitriles is 1. The summed E-state index contributed by atoms with van der Waals surface area (Å²) in [5, 5.41) is 15.3. The Hall–Kier alpha value is -2.92. The summed E-state index contributed by atoms with van der Waals surface area (Å²) >= 11 is 5.90. The van der Waals surface area contributed by atoms with E-state index in [1.165, 1.54) is 12.1 Å². The molecule has 1 aromatic heterocycles. The lowest BCUT2D eigenvalue weighted by Gasteiger charge is -2.09. The molecule has 0 unspecified atom stereocenters. The first kappa shape index (κ1) is 20.8. The van der Waals surface area contributed by atoms with E-state index in [2.05, 4.69) is 6.07 Å². The van der Waals surface area contributed by atoms with Crippen LogP contribution in [0.25, 0.3) is 0 Å². The van der Waals surface area contributed by atoms with Crippen LogP contribution in [0.3, 0.4) is 0 Å². The van der Waals surface area contributed by atoms with Gasteiger partial charge < -0.3 is 4.57 Å². The Balaban J connectivity index is 2.02. The van der Waals surface area contributed by atoms with E-state index in [0.717, 1.165) is 5.56 Å². The maximum Gasteiger partial charge on any atom is 0.238 e. The highest BCUT2D eigenvalue weighted by atomic mass is 35.5. The standard InChI is InChI=1S/C21H18ClN3O3S/c1-13-18(12-23)19(11-14-3-9-17(10-4-14)29(24,27)28)25(2)20(13)21(26)15-5-7-16(22)8-6-15/h3-10H,11H2,1-2H3,(H2,24,27,28). The summed E-state index contributed by atoms with van der Waals surface area (Å²) in [6, 6.07) is 14.9. The van der Waals surface area contributed by atoms with Crippen molar-refractivity contribution < 1.29 is 13.2 Å². The molecule has 0 radical (unpaired) electrons. The zero-order valence-electron chi connectivity index (χ0n) is 15.8. The van der Waals surface area contributed by atoms with Gasteiger partial charge >= 0.3 is 0 Å². The average Bonchev–Trinajstić information content (AvgIpc) is 2.91. The lowest BCUT2D eigenvalue weighted by atomic mass is 10.0. The fourth-order valence-corrected chi connectivity index (χ4v) is 3.94. The number of nitrogens with two attached hydrogens (primary N) is 1. The number of halogens is 1. The minimum Gasteiger partial charge on any atom is -0.343 e. The lowest BCUT2D eigenvalue weighted by molar-refractivity contribution is 0.103. The molecular weight excluding hydrogens is 410 g/mol. The molecule has 3 rings (SSSR count). The van der Waals surface area contributed by atoms with Gasteiger partial charge in [-0.15, -0.1) is 0 Å². The Morgan fingerprint density at radius 3 is 2.24 bits per heavy atom. The monoisotopic (exact) mass is 427 g/mol. The van der Waals surface area contributed by atoms with Crippen LogP contribution >= 0.6 is 11.6 Å². The number of rotatable bonds is 5. The van der Waals surface area contributed by atoms with Crippen LogP contribution in [0.2, 0.25) is 5.02 Å². The number of ketones is 1. The second kappa shape index (κ2) is 7.84. The molecule has 0 fully saturated rings. The largest absolute Gasteiger partial charge is 0.343 e. The smallest absolute Gasteiger partial charge is 0.238 e. The molecule has 0 saturated heterocycles. The molecule has 2 aromatic carbocycles. The van der Waals surface area contributed by atoms with Gasteiger partial charge in [0.15, 0.2) is 0 Å². The number of carbonyl (C=O) groups is 1. The number of hydrogen-bond acceptors (Lipinski definition) is 4. The molecule has 0 aliphatic rings. The van der Waals surface area contributed by atoms with Gasteiger partial charge in [0.25, 0.3) is 0 Å². The molecule has 0 saturated carbocycles. The molecule has 6 nitrogen and oxygen atoms in total. The van der Waals surface area contributed by atoms with Crippen LogP contribution in [0.5, 0.6) is 0 Å². The van der Waals surface area contributed by atoms with E-state index in [4.69, 9.17) is 16.7 Å². The topological polar surface area (TPSA) is 106 Å². The maximum atomic E-state index is 13.0. The second-order valence-corrected chi connectivity index (χ2v) is 8.67. The summed E-state index contributed by atoms with van der Waals surface area (Å²) in [5.41, 5.74) is 3.41. The quantitative estimate of drug-likeness (QED) is 0.630. The summed E-state index contributed by atoms with van der Waals surface area (Å²) < 4.78 is 24.6. The Morgan fingerprint density at radius 1 is 1.14 bits per heavy atom. The van der Waals surface area contributed by atoms with Gasteiger partial charge in [0.05, 0.1) is 16.2 Å². The van der Waals surface area contributed by atoms with Gasteiger partial charge in [-0.2, -0.15) is 5.26 Å². The molecule has 2 N–H and O–H groups in total. The van der Waals surface area contributed by atoms with Gasteiger partial charge in [-0.1, -0.05) is 23.7 Å². The molecule has 29 heavy (non-hydrogen) atoms. The highest BCUT2D eigenvalue weighted by molar-refractivity contribution is 7.89. The minimum atomic E-state index is -3.77. The van der Waals surface area contributed by atoms with Crippen LogP contribution in [-0.4, -0.2) is 18.8 Å². The van der Waals surface area contributed by atoms with Gasteiger partial charge in [-0.3, -0.25) is 4.79 Å². The molecule has 148 valence electrons. The van der Waals surface area contributed by atoms with Gasteiger partial charge in [-0.05, 0) is 54.4 Å². The average molecular weight is 428 g/mol. The van der Waals surface area contributed by atoms with Crippen molar-refractivity contribution in [2.45, 2.75) is 18.2 Å². The molecule has 0 spiro atoms. The third-order valence-corrected chi connectivity index (χ3v) is 6.00. The Kier molecular flexibility index (Phi) is 5.62. The molecule has 0 atom stereocenters. The van der Waals surface area contributed by atoms with Crippen molar-refractivity contribution in [3.05, 3.63) is 87.2 Å². The van der Waals surface area contributed by atoms with E-state index in [-0.39, 0.29) is 10.7 Å². The summed E-state index contributed by atoms with van der Waals surface area (Å²) in [4.78, 5) is 13.1. The van der Waals surface area contributed by atoms with Crippen molar-refractivity contribution in [2.24, 2.45) is 12.2 Å². The number of carbonyl (C=O) groups excluding carboxylic acids is 1. The second-order valence-electron chi connectivity index (χ2n) is 6.67. The molecule has 8 heteroatoms. The zero-order valence-corrected chi connectivity index (χ0v) is 17.4. The van der Waals surface area contributed by atoms with Crippen molar-refractivity contribution in [2.75, 3.05) is 0 Å². The molecule has 0 amide bonds. The normalized spacial score (nSPS) is 11.3. The Labute approximate surface area is 174 Å². The molecule has 1 heterocycles. The van der Waals surface area contributed by atoms with E-state index in [1.807, 2.05) is 0 Å². The van der Waals surface area contributed by atoms with Crippen LogP contribution in [0, 0.1) is 18.3 Å². The fraction of sp³-hybridized carbons (Fsp3) is 0.143. The van der Waals surface area contributed by atoms with Crippen LogP contribution < -0.4 is 5.14 Å². The SMILES string of the molecule is Cc1c(C#N)c(Cc2ccc(S(N)(=O)=O)cc2)n(C)c1C(=O)c1ccc(Cl)cc1. The number of aromatic nitrogens is 1. The maximum absolute atomic E-state index is 13.0. The van der Waals surface area contributed by atoms with Gasteiger partial charge in [0, 0.05) is 29.7 Å². The predicted octanol–water partition coefficient (Wildman–Crippen LogP) is 3.33. The van der Waals surface area contributed by atoms with E-state index >= 15 is 0 Å². The molecule has 3 aromatic rings. The summed E-state index contributed by atoms with van der Waals surface area (Å²) in [6.07, 6.45) is 0.360. The van der Waals surface area contributed by atoms with E-state index in [0.29, 0.717) is 39.5 Å². The zero-order chi connectivity index (χ0) is 21.3. The number of nitrogens with zero attached hydrogens (tertiary/aromatic N) is 2. The van der Waals surface area contributed by atoms with Gasteiger partial charge in [-0.25, -0.2) is 13.6 Å². The first-order valence-corrected chi connectivity index (χ1v) is 10.6. The highest BCUT2D eigenvalue weighted by Gasteiger charge is 2.24.